The van der Waals surface area contributed by atoms with Gasteiger partial charge in [0, 0.05) is 5.56 Å². The van der Waals surface area contributed by atoms with Crippen molar-refractivity contribution in [1.29, 1.82) is 5.26 Å². The molecule has 1 aromatic carbocycles. The summed E-state index contributed by atoms with van der Waals surface area (Å²) >= 11 is 0.862. The predicted molar refractivity (Wildman–Crippen MR) is 59.2 cm³/mol. The summed E-state index contributed by atoms with van der Waals surface area (Å²) in [5, 5.41) is 17.8. The van der Waals surface area contributed by atoms with Crippen molar-refractivity contribution >= 4 is 17.3 Å². The highest BCUT2D eigenvalue weighted by Gasteiger charge is 2.19. The lowest BCUT2D eigenvalue weighted by molar-refractivity contribution is 0.0691. The molecule has 0 bridgehead atoms. The summed E-state index contributed by atoms with van der Waals surface area (Å²) in [5.41, 5.74) is -0.141. The highest BCUT2D eigenvalue weighted by molar-refractivity contribution is 7.15. The zero-order chi connectivity index (χ0) is 12.4. The Kier molecular flexibility index (Phi) is 2.85. The Bertz CT molecular complexity index is 631. The highest BCUT2D eigenvalue weighted by atomic mass is 32.1. The van der Waals surface area contributed by atoms with Crippen molar-refractivity contribution in [2.24, 2.45) is 0 Å². The number of nitrogens with zero attached hydrogens (tertiary/aromatic N) is 2. The van der Waals surface area contributed by atoms with Crippen molar-refractivity contribution < 1.29 is 14.3 Å². The molecule has 6 heteroatoms. The third-order valence-electron chi connectivity index (χ3n) is 2.04. The van der Waals surface area contributed by atoms with Crippen molar-refractivity contribution in [2.75, 3.05) is 0 Å². The summed E-state index contributed by atoms with van der Waals surface area (Å²) in [7, 11) is 0. The Labute approximate surface area is 99.6 Å². The molecule has 0 unspecified atom stereocenters. The van der Waals surface area contributed by atoms with E-state index in [1.807, 2.05) is 0 Å². The normalized spacial score (nSPS) is 9.88. The van der Waals surface area contributed by atoms with Crippen molar-refractivity contribution in [3.63, 3.8) is 0 Å². The fourth-order valence-corrected chi connectivity index (χ4v) is 2.17. The smallest absolute Gasteiger partial charge is 0.356 e. The molecule has 0 saturated heterocycles. The minimum atomic E-state index is -1.29. The summed E-state index contributed by atoms with van der Waals surface area (Å²) < 4.78 is 13.5. The molecular formula is C11H5FN2O2S. The van der Waals surface area contributed by atoms with Crippen LogP contribution in [0.3, 0.4) is 0 Å². The minimum Gasteiger partial charge on any atom is -0.476 e. The van der Waals surface area contributed by atoms with Crippen molar-refractivity contribution in [3.8, 4) is 16.6 Å². The standard InChI is InChI=1S/C11H5FN2O2S/c12-7-4-2-1-3-6(7)10-14-9(11(15)16)8(5-13)17-10/h1-4H,(H,15,16). The van der Waals surface area contributed by atoms with E-state index in [1.165, 1.54) is 18.2 Å². The highest BCUT2D eigenvalue weighted by Crippen LogP contribution is 2.29. The van der Waals surface area contributed by atoms with Gasteiger partial charge in [-0.05, 0) is 12.1 Å². The molecule has 2 rings (SSSR count). The molecule has 0 saturated carbocycles. The summed E-state index contributed by atoms with van der Waals surface area (Å²) in [6.07, 6.45) is 0. The Morgan fingerprint density at radius 1 is 1.47 bits per heavy atom. The molecule has 1 aromatic heterocycles. The molecule has 0 aliphatic heterocycles. The van der Waals surface area contributed by atoms with Crippen LogP contribution in [0.2, 0.25) is 0 Å². The topological polar surface area (TPSA) is 74.0 Å². The Hall–Kier alpha value is -2.26. The number of carboxylic acids is 1. The SMILES string of the molecule is N#Cc1sc(-c2ccccc2F)nc1C(=O)O. The predicted octanol–water partition coefficient (Wildman–Crippen LogP) is 2.52. The lowest BCUT2D eigenvalue weighted by Crippen LogP contribution is -1.98. The second kappa shape index (κ2) is 4.31. The molecule has 0 fully saturated rings. The molecule has 0 aliphatic carbocycles. The van der Waals surface area contributed by atoms with Gasteiger partial charge in [-0.15, -0.1) is 11.3 Å². The number of carboxylic acid groups (broad SMARTS) is 1. The van der Waals surface area contributed by atoms with Gasteiger partial charge in [0.25, 0.3) is 0 Å². The number of nitriles is 1. The fraction of sp³-hybridized carbons (Fsp3) is 0. The van der Waals surface area contributed by atoms with Gasteiger partial charge in [0.1, 0.15) is 21.8 Å². The number of rotatable bonds is 2. The van der Waals surface area contributed by atoms with Gasteiger partial charge in [-0.1, -0.05) is 12.1 Å². The molecular weight excluding hydrogens is 243 g/mol. The van der Waals surface area contributed by atoms with Crippen LogP contribution in [-0.4, -0.2) is 16.1 Å². The Balaban J connectivity index is 2.59. The van der Waals surface area contributed by atoms with E-state index in [-0.39, 0.29) is 21.1 Å². The minimum absolute atomic E-state index is 0.0317. The largest absolute Gasteiger partial charge is 0.476 e. The molecule has 1 N–H and O–H groups in total. The maximum absolute atomic E-state index is 13.5. The number of carbonyl (C=O) groups is 1. The summed E-state index contributed by atoms with van der Waals surface area (Å²) in [4.78, 5) is 14.5. The van der Waals surface area contributed by atoms with Crippen LogP contribution in [0.5, 0.6) is 0 Å². The van der Waals surface area contributed by atoms with Gasteiger partial charge in [-0.25, -0.2) is 14.2 Å². The van der Waals surface area contributed by atoms with Gasteiger partial charge in [0.05, 0.1) is 0 Å². The average Bonchev–Trinajstić information content (AvgIpc) is 2.73. The van der Waals surface area contributed by atoms with Gasteiger partial charge < -0.3 is 5.11 Å². The molecule has 0 atom stereocenters. The summed E-state index contributed by atoms with van der Waals surface area (Å²) in [5.74, 6) is -1.79. The molecule has 84 valence electrons. The summed E-state index contributed by atoms with van der Waals surface area (Å²) in [6.45, 7) is 0. The first kappa shape index (κ1) is 11.2. The van der Waals surface area contributed by atoms with E-state index >= 15 is 0 Å². The molecule has 0 radical (unpaired) electrons. The number of hydrogen-bond donors (Lipinski definition) is 1. The van der Waals surface area contributed by atoms with Gasteiger partial charge >= 0.3 is 5.97 Å². The van der Waals surface area contributed by atoms with Gasteiger partial charge in [-0.3, -0.25) is 0 Å². The van der Waals surface area contributed by atoms with Crippen LogP contribution in [-0.2, 0) is 0 Å². The van der Waals surface area contributed by atoms with Crippen LogP contribution in [0.4, 0.5) is 4.39 Å². The van der Waals surface area contributed by atoms with Gasteiger partial charge in [-0.2, -0.15) is 5.26 Å². The Morgan fingerprint density at radius 2 is 2.18 bits per heavy atom. The number of aromatic nitrogens is 1. The number of benzene rings is 1. The van der Waals surface area contributed by atoms with Crippen LogP contribution in [0.1, 0.15) is 15.4 Å². The van der Waals surface area contributed by atoms with E-state index in [4.69, 9.17) is 10.4 Å². The summed E-state index contributed by atoms with van der Waals surface area (Å²) in [6, 6.07) is 7.62. The molecule has 2 aromatic rings. The van der Waals surface area contributed by atoms with Crippen LogP contribution in [0, 0.1) is 17.1 Å². The number of hydrogen-bond acceptors (Lipinski definition) is 4. The monoisotopic (exact) mass is 248 g/mol. The lowest BCUT2D eigenvalue weighted by atomic mass is 10.2. The molecule has 0 spiro atoms. The van der Waals surface area contributed by atoms with Crippen LogP contribution in [0.15, 0.2) is 24.3 Å². The maximum Gasteiger partial charge on any atom is 0.356 e. The van der Waals surface area contributed by atoms with E-state index < -0.39 is 11.8 Å². The van der Waals surface area contributed by atoms with Crippen molar-refractivity contribution in [2.45, 2.75) is 0 Å². The van der Waals surface area contributed by atoms with E-state index in [1.54, 1.807) is 12.1 Å². The third kappa shape index (κ3) is 2.00. The lowest BCUT2D eigenvalue weighted by Gasteiger charge is -1.96. The van der Waals surface area contributed by atoms with Crippen LogP contribution >= 0.6 is 11.3 Å². The van der Waals surface area contributed by atoms with Crippen molar-refractivity contribution in [1.82, 2.24) is 4.98 Å². The zero-order valence-electron chi connectivity index (χ0n) is 8.35. The van der Waals surface area contributed by atoms with E-state index in [2.05, 4.69) is 4.98 Å². The van der Waals surface area contributed by atoms with E-state index in [0.29, 0.717) is 0 Å². The van der Waals surface area contributed by atoms with Gasteiger partial charge in [0.2, 0.25) is 0 Å². The first-order valence-electron chi connectivity index (χ1n) is 4.52. The number of thiazole rings is 1. The fourth-order valence-electron chi connectivity index (χ4n) is 1.29. The van der Waals surface area contributed by atoms with Crippen LogP contribution in [0.25, 0.3) is 10.6 Å². The second-order valence-electron chi connectivity index (χ2n) is 3.09. The first-order chi connectivity index (χ1) is 8.13. The number of halogens is 1. The average molecular weight is 248 g/mol. The van der Waals surface area contributed by atoms with E-state index in [0.717, 1.165) is 11.3 Å². The molecule has 0 amide bonds. The zero-order valence-corrected chi connectivity index (χ0v) is 9.16. The second-order valence-corrected chi connectivity index (χ2v) is 4.09. The van der Waals surface area contributed by atoms with Gasteiger partial charge in [0.15, 0.2) is 5.69 Å². The van der Waals surface area contributed by atoms with Crippen LogP contribution < -0.4 is 0 Å². The van der Waals surface area contributed by atoms with Crippen molar-refractivity contribution in [3.05, 3.63) is 40.7 Å². The van der Waals surface area contributed by atoms with E-state index in [9.17, 15) is 9.18 Å². The third-order valence-corrected chi connectivity index (χ3v) is 3.03. The maximum atomic E-state index is 13.5. The molecule has 1 heterocycles. The molecule has 17 heavy (non-hydrogen) atoms. The molecule has 0 aliphatic rings. The first-order valence-corrected chi connectivity index (χ1v) is 5.34. The quantitative estimate of drug-likeness (QED) is 0.886. The Morgan fingerprint density at radius 3 is 2.71 bits per heavy atom. The molecule has 4 nitrogen and oxygen atoms in total. The number of aromatic carboxylic acids is 1.